The van der Waals surface area contributed by atoms with Crippen LogP contribution >= 0.6 is 0 Å². The van der Waals surface area contributed by atoms with Gasteiger partial charge in [0.05, 0.1) is 12.5 Å². The van der Waals surface area contributed by atoms with E-state index in [2.05, 4.69) is 10.6 Å². The lowest BCUT2D eigenvalue weighted by Gasteiger charge is -2.32. The highest BCUT2D eigenvalue weighted by molar-refractivity contribution is 5.97. The maximum Gasteiger partial charge on any atom is 0.251 e. The van der Waals surface area contributed by atoms with Gasteiger partial charge >= 0.3 is 0 Å². The van der Waals surface area contributed by atoms with Gasteiger partial charge in [0, 0.05) is 30.4 Å². The Kier molecular flexibility index (Phi) is 6.35. The zero-order valence-electron chi connectivity index (χ0n) is 17.1. The van der Waals surface area contributed by atoms with E-state index in [1.54, 1.807) is 47.4 Å². The number of hydrogen-bond donors (Lipinski definition) is 2. The van der Waals surface area contributed by atoms with E-state index in [4.69, 9.17) is 9.47 Å². The van der Waals surface area contributed by atoms with Gasteiger partial charge in [-0.25, -0.2) is 0 Å². The first-order valence-electron chi connectivity index (χ1n) is 10.4. The normalized spacial score (nSPS) is 17.5. The van der Waals surface area contributed by atoms with Crippen molar-refractivity contribution in [3.05, 3.63) is 54.1 Å². The molecule has 2 aliphatic heterocycles. The molecule has 31 heavy (non-hydrogen) atoms. The lowest BCUT2D eigenvalue weighted by molar-refractivity contribution is -0.133. The first-order chi connectivity index (χ1) is 15.1. The van der Waals surface area contributed by atoms with Crippen molar-refractivity contribution in [2.24, 2.45) is 5.92 Å². The first-order valence-corrected chi connectivity index (χ1v) is 10.4. The molecule has 2 aromatic carbocycles. The van der Waals surface area contributed by atoms with E-state index in [0.29, 0.717) is 55.5 Å². The molecular formula is C23H25N3O5. The molecule has 0 aromatic heterocycles. The smallest absolute Gasteiger partial charge is 0.251 e. The zero-order chi connectivity index (χ0) is 21.6. The van der Waals surface area contributed by atoms with Crippen LogP contribution in [0, 0.1) is 5.92 Å². The Balaban J connectivity index is 1.30. The highest BCUT2D eigenvalue weighted by Gasteiger charge is 2.29. The monoisotopic (exact) mass is 423 g/mol. The summed E-state index contributed by atoms with van der Waals surface area (Å²) in [6.45, 7) is 1.80. The molecule has 0 bridgehead atoms. The third-order valence-corrected chi connectivity index (χ3v) is 5.39. The molecule has 1 atom stereocenters. The maximum absolute atomic E-state index is 12.8. The third-order valence-electron chi connectivity index (χ3n) is 5.39. The number of nitrogens with zero attached hydrogens (tertiary/aromatic N) is 1. The fourth-order valence-electron chi connectivity index (χ4n) is 3.74. The highest BCUT2D eigenvalue weighted by Crippen LogP contribution is 2.33. The third kappa shape index (κ3) is 5.14. The van der Waals surface area contributed by atoms with Gasteiger partial charge in [0.25, 0.3) is 5.91 Å². The summed E-state index contributed by atoms with van der Waals surface area (Å²) in [6.07, 6.45) is 1.44. The molecule has 0 spiro atoms. The van der Waals surface area contributed by atoms with E-state index in [9.17, 15) is 14.4 Å². The van der Waals surface area contributed by atoms with Crippen molar-refractivity contribution in [3.8, 4) is 11.5 Å². The molecule has 0 radical (unpaired) electrons. The van der Waals surface area contributed by atoms with Gasteiger partial charge in [0.2, 0.25) is 11.8 Å². The van der Waals surface area contributed by atoms with Gasteiger partial charge in [0.15, 0.2) is 11.5 Å². The molecular weight excluding hydrogens is 398 g/mol. The van der Waals surface area contributed by atoms with Crippen molar-refractivity contribution in [2.75, 3.05) is 38.2 Å². The van der Waals surface area contributed by atoms with Crippen LogP contribution in [0.1, 0.15) is 23.2 Å². The van der Waals surface area contributed by atoms with Crippen molar-refractivity contribution in [2.45, 2.75) is 12.8 Å². The largest absolute Gasteiger partial charge is 0.486 e. The molecule has 1 saturated heterocycles. The average molecular weight is 423 g/mol. The fourth-order valence-corrected chi connectivity index (χ4v) is 3.74. The van der Waals surface area contributed by atoms with Gasteiger partial charge in [-0.15, -0.1) is 0 Å². The number of benzene rings is 2. The van der Waals surface area contributed by atoms with Crippen molar-refractivity contribution in [1.82, 2.24) is 10.2 Å². The fraction of sp³-hybridized carbons (Fsp3) is 0.348. The quantitative estimate of drug-likeness (QED) is 0.767. The summed E-state index contributed by atoms with van der Waals surface area (Å²) in [7, 11) is 0. The number of nitrogens with one attached hydrogen (secondary N) is 2. The summed E-state index contributed by atoms with van der Waals surface area (Å²) >= 11 is 0. The molecule has 0 aliphatic carbocycles. The molecule has 3 amide bonds. The molecule has 162 valence electrons. The zero-order valence-corrected chi connectivity index (χ0v) is 17.1. The second kappa shape index (κ2) is 9.51. The highest BCUT2D eigenvalue weighted by atomic mass is 16.6. The van der Waals surface area contributed by atoms with Gasteiger partial charge in [-0.3, -0.25) is 14.4 Å². The second-order valence-corrected chi connectivity index (χ2v) is 7.58. The van der Waals surface area contributed by atoms with E-state index >= 15 is 0 Å². The van der Waals surface area contributed by atoms with Gasteiger partial charge in [-0.2, -0.15) is 0 Å². The summed E-state index contributed by atoms with van der Waals surface area (Å²) in [4.78, 5) is 39.1. The van der Waals surface area contributed by atoms with Gasteiger partial charge in [-0.05, 0) is 37.1 Å². The number of fused-ring (bicyclic) bond motifs is 1. The lowest BCUT2D eigenvalue weighted by atomic mass is 9.97. The number of likely N-dealkylation sites (tertiary alicyclic amines) is 1. The summed E-state index contributed by atoms with van der Waals surface area (Å²) in [5, 5.41) is 5.56. The Morgan fingerprint density at radius 3 is 2.58 bits per heavy atom. The molecule has 2 N–H and O–H groups in total. The molecule has 8 nitrogen and oxygen atoms in total. The van der Waals surface area contributed by atoms with Crippen LogP contribution in [-0.2, 0) is 9.59 Å². The molecule has 1 fully saturated rings. The van der Waals surface area contributed by atoms with Crippen molar-refractivity contribution >= 4 is 23.4 Å². The standard InChI is InChI=1S/C23H25N3O5/c27-21(14-24-22(28)16-5-2-1-3-6-16)26-10-4-7-17(15-26)23(29)25-18-8-9-19-20(13-18)31-12-11-30-19/h1-3,5-6,8-9,13,17H,4,7,10-12,14-15H2,(H,24,28)(H,25,29)/t17-/m1/s1. The Hall–Kier alpha value is -3.55. The minimum atomic E-state index is -0.310. The van der Waals surface area contributed by atoms with E-state index in [1.165, 1.54) is 0 Å². The summed E-state index contributed by atoms with van der Waals surface area (Å²) < 4.78 is 11.1. The van der Waals surface area contributed by atoms with E-state index < -0.39 is 0 Å². The summed E-state index contributed by atoms with van der Waals surface area (Å²) in [5.74, 6) is 0.341. The number of piperidine rings is 1. The Labute approximate surface area is 180 Å². The average Bonchev–Trinajstić information content (AvgIpc) is 2.83. The number of rotatable bonds is 5. The SMILES string of the molecule is O=C(NCC(=O)N1CCC[C@@H](C(=O)Nc2ccc3c(c2)OCCO3)C1)c1ccccc1. The Morgan fingerprint density at radius 2 is 1.77 bits per heavy atom. The molecule has 8 heteroatoms. The molecule has 0 unspecified atom stereocenters. The van der Waals surface area contributed by atoms with Crippen molar-refractivity contribution in [3.63, 3.8) is 0 Å². The van der Waals surface area contributed by atoms with Crippen LogP contribution in [0.2, 0.25) is 0 Å². The Morgan fingerprint density at radius 1 is 1.00 bits per heavy atom. The number of amides is 3. The Bertz CT molecular complexity index is 963. The number of ether oxygens (including phenoxy) is 2. The number of carbonyl (C=O) groups is 3. The van der Waals surface area contributed by atoms with E-state index in [-0.39, 0.29) is 30.2 Å². The number of carbonyl (C=O) groups excluding carboxylic acids is 3. The maximum atomic E-state index is 12.8. The molecule has 4 rings (SSSR count). The van der Waals surface area contributed by atoms with E-state index in [1.807, 2.05) is 6.07 Å². The van der Waals surface area contributed by atoms with Gasteiger partial charge in [-0.1, -0.05) is 18.2 Å². The van der Waals surface area contributed by atoms with Gasteiger partial charge in [0.1, 0.15) is 13.2 Å². The van der Waals surface area contributed by atoms with Crippen LogP contribution in [0.3, 0.4) is 0 Å². The predicted octanol–water partition coefficient (Wildman–Crippen LogP) is 2.06. The first kappa shape index (κ1) is 20.7. The number of hydrogen-bond acceptors (Lipinski definition) is 5. The van der Waals surface area contributed by atoms with Crippen molar-refractivity contribution in [1.29, 1.82) is 0 Å². The van der Waals surface area contributed by atoms with Crippen LogP contribution in [-0.4, -0.2) is 55.5 Å². The second-order valence-electron chi connectivity index (χ2n) is 7.58. The van der Waals surface area contributed by atoms with Crippen LogP contribution in [0.25, 0.3) is 0 Å². The molecule has 2 aliphatic rings. The lowest BCUT2D eigenvalue weighted by Crippen LogP contribution is -2.47. The predicted molar refractivity (Wildman–Crippen MR) is 114 cm³/mol. The van der Waals surface area contributed by atoms with Crippen LogP contribution in [0.5, 0.6) is 11.5 Å². The molecule has 2 heterocycles. The minimum absolute atomic E-state index is 0.0930. The van der Waals surface area contributed by atoms with Crippen LogP contribution in [0.4, 0.5) is 5.69 Å². The van der Waals surface area contributed by atoms with Gasteiger partial charge < -0.3 is 25.0 Å². The van der Waals surface area contributed by atoms with Crippen LogP contribution in [0.15, 0.2) is 48.5 Å². The minimum Gasteiger partial charge on any atom is -0.486 e. The molecule has 2 aromatic rings. The summed E-state index contributed by atoms with van der Waals surface area (Å²) in [6, 6.07) is 14.0. The molecule has 0 saturated carbocycles. The van der Waals surface area contributed by atoms with Crippen LogP contribution < -0.4 is 20.1 Å². The number of anilines is 1. The van der Waals surface area contributed by atoms with Crippen molar-refractivity contribution < 1.29 is 23.9 Å². The topological polar surface area (TPSA) is 97.0 Å². The van der Waals surface area contributed by atoms with E-state index in [0.717, 1.165) is 6.42 Å². The summed E-state index contributed by atoms with van der Waals surface area (Å²) in [5.41, 5.74) is 1.14.